The number of carbonyl (C=O) groups is 1. The van der Waals surface area contributed by atoms with Crippen molar-refractivity contribution >= 4 is 33.3 Å². The van der Waals surface area contributed by atoms with E-state index in [-0.39, 0.29) is 0 Å². The first kappa shape index (κ1) is 16.9. The summed E-state index contributed by atoms with van der Waals surface area (Å²) in [5.41, 5.74) is 6.58. The van der Waals surface area contributed by atoms with E-state index in [1.54, 1.807) is 23.7 Å². The first-order valence-corrected chi connectivity index (χ1v) is 9.05. The number of pyridine rings is 1. The summed E-state index contributed by atoms with van der Waals surface area (Å²) in [6, 6.07) is 3.80. The number of rotatable bonds is 4. The van der Waals surface area contributed by atoms with Crippen LogP contribution in [-0.4, -0.2) is 46.7 Å². The number of hydrogen-bond donors (Lipinski definition) is 1. The Kier molecular flexibility index (Phi) is 3.89. The molecular formula is C18H19N5O2S. The van der Waals surface area contributed by atoms with Crippen molar-refractivity contribution in [2.75, 3.05) is 25.1 Å². The standard InChI is InChI=1S/C18H19N5O2S/c1-10-11(2)26-16-13(10)15(23-8-18(9-23,25-3)17(19)24)21-14(22-16)12-5-4-6-20-7-12/h4-7H,8-9H2,1-3H3,(H2,19,24). The fraction of sp³-hybridized carbons (Fsp3) is 0.333. The quantitative estimate of drug-likeness (QED) is 0.756. The minimum absolute atomic E-state index is 0.381. The first-order chi connectivity index (χ1) is 12.4. The number of anilines is 1. The van der Waals surface area contributed by atoms with Crippen LogP contribution in [0.3, 0.4) is 0 Å². The van der Waals surface area contributed by atoms with Gasteiger partial charge in [-0.05, 0) is 31.5 Å². The Hall–Kier alpha value is -2.58. The largest absolute Gasteiger partial charge is 0.367 e. The second kappa shape index (κ2) is 6.00. The Balaban J connectivity index is 1.84. The van der Waals surface area contributed by atoms with Crippen LogP contribution >= 0.6 is 11.3 Å². The first-order valence-electron chi connectivity index (χ1n) is 8.23. The topological polar surface area (TPSA) is 94.2 Å². The molecule has 1 amide bonds. The van der Waals surface area contributed by atoms with Crippen LogP contribution < -0.4 is 10.6 Å². The summed E-state index contributed by atoms with van der Waals surface area (Å²) in [5.74, 6) is 0.979. The van der Waals surface area contributed by atoms with Crippen LogP contribution in [0, 0.1) is 13.8 Å². The van der Waals surface area contributed by atoms with Gasteiger partial charge >= 0.3 is 0 Å². The number of methoxy groups -OCH3 is 1. The van der Waals surface area contributed by atoms with E-state index in [2.05, 4.69) is 18.8 Å². The van der Waals surface area contributed by atoms with Crippen LogP contribution in [0.1, 0.15) is 10.4 Å². The van der Waals surface area contributed by atoms with Gasteiger partial charge in [-0.2, -0.15) is 0 Å². The second-order valence-electron chi connectivity index (χ2n) is 6.49. The maximum Gasteiger partial charge on any atom is 0.253 e. The van der Waals surface area contributed by atoms with Crippen LogP contribution in [-0.2, 0) is 9.53 Å². The average molecular weight is 369 g/mol. The molecule has 8 heteroatoms. The van der Waals surface area contributed by atoms with E-state index in [0.717, 1.165) is 27.2 Å². The number of ether oxygens (including phenoxy) is 1. The van der Waals surface area contributed by atoms with Gasteiger partial charge in [0.25, 0.3) is 5.91 Å². The molecule has 0 bridgehead atoms. The molecule has 1 aliphatic rings. The summed E-state index contributed by atoms with van der Waals surface area (Å²) in [7, 11) is 1.51. The lowest BCUT2D eigenvalue weighted by molar-refractivity contribution is -0.143. The number of aromatic nitrogens is 3. The van der Waals surface area contributed by atoms with Crippen LogP contribution in [0.4, 0.5) is 5.82 Å². The van der Waals surface area contributed by atoms with Crippen molar-refractivity contribution in [1.29, 1.82) is 0 Å². The van der Waals surface area contributed by atoms with Crippen molar-refractivity contribution in [3.05, 3.63) is 35.0 Å². The molecule has 0 spiro atoms. The van der Waals surface area contributed by atoms with Gasteiger partial charge in [-0.15, -0.1) is 11.3 Å². The third kappa shape index (κ3) is 2.45. The van der Waals surface area contributed by atoms with E-state index in [1.807, 2.05) is 17.0 Å². The van der Waals surface area contributed by atoms with Crippen LogP contribution in [0.15, 0.2) is 24.5 Å². The van der Waals surface area contributed by atoms with E-state index in [0.29, 0.717) is 18.9 Å². The highest BCUT2D eigenvalue weighted by Gasteiger charge is 2.49. The minimum Gasteiger partial charge on any atom is -0.367 e. The molecule has 3 aromatic heterocycles. The normalized spacial score (nSPS) is 15.9. The molecule has 0 radical (unpaired) electrons. The highest BCUT2D eigenvalue weighted by atomic mass is 32.1. The molecule has 26 heavy (non-hydrogen) atoms. The van der Waals surface area contributed by atoms with Gasteiger partial charge in [0.15, 0.2) is 11.4 Å². The SMILES string of the molecule is COC1(C(N)=O)CN(c2nc(-c3cccnc3)nc3sc(C)c(C)c23)C1. The van der Waals surface area contributed by atoms with Crippen molar-refractivity contribution in [3.8, 4) is 11.4 Å². The van der Waals surface area contributed by atoms with E-state index in [4.69, 9.17) is 20.4 Å². The van der Waals surface area contributed by atoms with Crippen molar-refractivity contribution in [1.82, 2.24) is 15.0 Å². The van der Waals surface area contributed by atoms with Gasteiger partial charge in [-0.25, -0.2) is 9.97 Å². The Morgan fingerprint density at radius 2 is 2.12 bits per heavy atom. The summed E-state index contributed by atoms with van der Waals surface area (Å²) in [4.78, 5) is 29.6. The maximum atomic E-state index is 11.8. The van der Waals surface area contributed by atoms with E-state index in [1.165, 1.54) is 12.0 Å². The highest BCUT2D eigenvalue weighted by Crippen LogP contribution is 2.39. The number of nitrogens with zero attached hydrogens (tertiary/aromatic N) is 4. The summed E-state index contributed by atoms with van der Waals surface area (Å²) >= 11 is 1.64. The Bertz CT molecular complexity index is 996. The predicted octanol–water partition coefficient (Wildman–Crippen LogP) is 2.06. The molecule has 134 valence electrons. The number of thiophene rings is 1. The molecule has 0 unspecified atom stereocenters. The van der Waals surface area contributed by atoms with Crippen LogP contribution in [0.25, 0.3) is 21.6 Å². The van der Waals surface area contributed by atoms with Crippen molar-refractivity contribution in [3.63, 3.8) is 0 Å². The number of carbonyl (C=O) groups excluding carboxylic acids is 1. The molecule has 3 aromatic rings. The van der Waals surface area contributed by atoms with Gasteiger partial charge in [0, 0.05) is 29.9 Å². The molecule has 0 saturated carbocycles. The molecule has 4 rings (SSSR count). The smallest absolute Gasteiger partial charge is 0.253 e. The highest BCUT2D eigenvalue weighted by molar-refractivity contribution is 7.18. The zero-order valence-electron chi connectivity index (χ0n) is 14.8. The van der Waals surface area contributed by atoms with E-state index in [9.17, 15) is 4.79 Å². The number of nitrogens with two attached hydrogens (primary N) is 1. The van der Waals surface area contributed by atoms with Crippen LogP contribution in [0.5, 0.6) is 0 Å². The Morgan fingerprint density at radius 3 is 2.73 bits per heavy atom. The number of aryl methyl sites for hydroxylation is 2. The van der Waals surface area contributed by atoms with Gasteiger partial charge in [0.2, 0.25) is 0 Å². The number of amides is 1. The molecule has 1 fully saturated rings. The molecule has 4 heterocycles. The van der Waals surface area contributed by atoms with Gasteiger partial charge in [-0.1, -0.05) is 0 Å². The summed E-state index contributed by atoms with van der Waals surface area (Å²) in [5, 5.41) is 1.02. The lowest BCUT2D eigenvalue weighted by Crippen LogP contribution is -2.69. The average Bonchev–Trinajstić information content (AvgIpc) is 2.89. The lowest BCUT2D eigenvalue weighted by Gasteiger charge is -2.47. The Morgan fingerprint density at radius 1 is 1.35 bits per heavy atom. The monoisotopic (exact) mass is 369 g/mol. The predicted molar refractivity (Wildman–Crippen MR) is 101 cm³/mol. The van der Waals surface area contributed by atoms with Crippen molar-refractivity contribution < 1.29 is 9.53 Å². The maximum absolute atomic E-state index is 11.8. The fourth-order valence-corrected chi connectivity index (χ4v) is 4.21. The summed E-state index contributed by atoms with van der Waals surface area (Å²) in [6.45, 7) is 4.91. The van der Waals surface area contributed by atoms with Gasteiger partial charge in [0.05, 0.1) is 18.5 Å². The van der Waals surface area contributed by atoms with Crippen LogP contribution in [0.2, 0.25) is 0 Å². The molecule has 0 aromatic carbocycles. The van der Waals surface area contributed by atoms with E-state index < -0.39 is 11.5 Å². The van der Waals surface area contributed by atoms with Gasteiger partial charge < -0.3 is 15.4 Å². The fourth-order valence-electron chi connectivity index (χ4n) is 3.19. The molecule has 2 N–H and O–H groups in total. The molecule has 1 saturated heterocycles. The molecule has 0 aliphatic carbocycles. The number of hydrogen-bond acceptors (Lipinski definition) is 7. The van der Waals surface area contributed by atoms with Crippen molar-refractivity contribution in [2.45, 2.75) is 19.4 Å². The van der Waals surface area contributed by atoms with Gasteiger partial charge in [-0.3, -0.25) is 9.78 Å². The zero-order valence-corrected chi connectivity index (χ0v) is 15.6. The van der Waals surface area contributed by atoms with E-state index >= 15 is 0 Å². The second-order valence-corrected chi connectivity index (χ2v) is 7.70. The summed E-state index contributed by atoms with van der Waals surface area (Å²) < 4.78 is 5.38. The van der Waals surface area contributed by atoms with Gasteiger partial charge in [0.1, 0.15) is 10.6 Å². The molecular weight excluding hydrogens is 350 g/mol. The Labute approximate surface area is 154 Å². The lowest BCUT2D eigenvalue weighted by atomic mass is 9.92. The molecule has 1 aliphatic heterocycles. The van der Waals surface area contributed by atoms with Crippen molar-refractivity contribution in [2.24, 2.45) is 5.73 Å². The third-order valence-electron chi connectivity index (χ3n) is 4.96. The molecule has 7 nitrogen and oxygen atoms in total. The number of primary amides is 1. The minimum atomic E-state index is -0.954. The third-order valence-corrected chi connectivity index (χ3v) is 6.06. The molecule has 0 atom stereocenters. The zero-order chi connectivity index (χ0) is 18.5. The summed E-state index contributed by atoms with van der Waals surface area (Å²) in [6.07, 6.45) is 3.47. The number of fused-ring (bicyclic) bond motifs is 1.